The maximum Gasteiger partial charge on any atom is 0.0449 e. The van der Waals surface area contributed by atoms with Gasteiger partial charge >= 0.3 is 0 Å². The molecule has 0 aliphatic heterocycles. The standard InChI is InChI=1S/C8H9BrClN.ClH/c9-7-2-1-6(3-4-11)8(10)5-7;/h1-2,5H,3-4,11H2;1H. The van der Waals surface area contributed by atoms with Gasteiger partial charge in [-0.1, -0.05) is 33.6 Å². The molecule has 0 heterocycles. The molecule has 0 unspecified atom stereocenters. The van der Waals surface area contributed by atoms with Crippen molar-refractivity contribution in [1.82, 2.24) is 0 Å². The zero-order valence-corrected chi connectivity index (χ0v) is 9.55. The summed E-state index contributed by atoms with van der Waals surface area (Å²) >= 11 is 9.25. The van der Waals surface area contributed by atoms with Crippen molar-refractivity contribution in [1.29, 1.82) is 0 Å². The summed E-state index contributed by atoms with van der Waals surface area (Å²) in [6.45, 7) is 0.640. The molecular formula is C8H10BrCl2N. The quantitative estimate of drug-likeness (QED) is 0.879. The summed E-state index contributed by atoms with van der Waals surface area (Å²) in [5.41, 5.74) is 6.51. The number of benzene rings is 1. The lowest BCUT2D eigenvalue weighted by Crippen LogP contribution is -2.02. The molecule has 0 aliphatic carbocycles. The maximum atomic E-state index is 5.92. The molecule has 0 atom stereocenters. The van der Waals surface area contributed by atoms with Crippen molar-refractivity contribution in [2.75, 3.05) is 6.54 Å². The Morgan fingerprint density at radius 3 is 2.58 bits per heavy atom. The first-order chi connectivity index (χ1) is 5.24. The first kappa shape index (κ1) is 12.2. The highest BCUT2D eigenvalue weighted by atomic mass is 79.9. The highest BCUT2D eigenvalue weighted by Crippen LogP contribution is 2.21. The molecule has 0 radical (unpaired) electrons. The van der Waals surface area contributed by atoms with Crippen molar-refractivity contribution in [2.24, 2.45) is 5.73 Å². The largest absolute Gasteiger partial charge is 0.330 e. The number of nitrogens with two attached hydrogens (primary N) is 1. The predicted molar refractivity (Wildman–Crippen MR) is 59.2 cm³/mol. The van der Waals surface area contributed by atoms with Gasteiger partial charge in [-0.2, -0.15) is 0 Å². The van der Waals surface area contributed by atoms with Crippen LogP contribution in [0.4, 0.5) is 0 Å². The lowest BCUT2D eigenvalue weighted by molar-refractivity contribution is 0.968. The molecule has 12 heavy (non-hydrogen) atoms. The fourth-order valence-electron chi connectivity index (χ4n) is 0.880. The second-order valence-electron chi connectivity index (χ2n) is 2.27. The molecule has 0 aromatic heterocycles. The average Bonchev–Trinajstić information content (AvgIpc) is 1.95. The predicted octanol–water partition coefficient (Wildman–Crippen LogP) is 3.03. The van der Waals surface area contributed by atoms with Gasteiger partial charge in [0.25, 0.3) is 0 Å². The van der Waals surface area contributed by atoms with E-state index in [0.29, 0.717) is 6.54 Å². The fraction of sp³-hybridized carbons (Fsp3) is 0.250. The van der Waals surface area contributed by atoms with Crippen LogP contribution in [0.1, 0.15) is 5.56 Å². The third kappa shape index (κ3) is 3.31. The molecule has 0 fully saturated rings. The summed E-state index contributed by atoms with van der Waals surface area (Å²) in [5.74, 6) is 0. The number of hydrogen-bond donors (Lipinski definition) is 1. The van der Waals surface area contributed by atoms with E-state index >= 15 is 0 Å². The van der Waals surface area contributed by atoms with Gasteiger partial charge in [0.2, 0.25) is 0 Å². The molecule has 0 aliphatic rings. The minimum atomic E-state index is 0. The zero-order chi connectivity index (χ0) is 8.27. The monoisotopic (exact) mass is 269 g/mol. The second kappa shape index (κ2) is 5.81. The lowest BCUT2D eigenvalue weighted by atomic mass is 10.1. The summed E-state index contributed by atoms with van der Waals surface area (Å²) in [5, 5.41) is 0.782. The Kier molecular flexibility index (Phi) is 5.93. The molecular weight excluding hydrogens is 261 g/mol. The topological polar surface area (TPSA) is 26.0 Å². The van der Waals surface area contributed by atoms with Gasteiger partial charge in [0.15, 0.2) is 0 Å². The smallest absolute Gasteiger partial charge is 0.0449 e. The van der Waals surface area contributed by atoms with Crippen LogP contribution in [0.15, 0.2) is 22.7 Å². The Hall–Kier alpha value is 0.240. The van der Waals surface area contributed by atoms with Crippen LogP contribution in [-0.4, -0.2) is 6.54 Å². The Balaban J connectivity index is 0.00000121. The van der Waals surface area contributed by atoms with Crippen molar-refractivity contribution in [2.45, 2.75) is 6.42 Å². The molecule has 1 aromatic carbocycles. The molecule has 1 rings (SSSR count). The highest BCUT2D eigenvalue weighted by Gasteiger charge is 1.98. The van der Waals surface area contributed by atoms with E-state index in [1.165, 1.54) is 0 Å². The second-order valence-corrected chi connectivity index (χ2v) is 3.60. The van der Waals surface area contributed by atoms with Crippen LogP contribution in [0.3, 0.4) is 0 Å². The highest BCUT2D eigenvalue weighted by molar-refractivity contribution is 9.10. The van der Waals surface area contributed by atoms with Crippen LogP contribution < -0.4 is 5.73 Å². The van der Waals surface area contributed by atoms with E-state index < -0.39 is 0 Å². The SMILES string of the molecule is Cl.NCCc1ccc(Br)cc1Cl. The van der Waals surface area contributed by atoms with Crippen LogP contribution in [0, 0.1) is 0 Å². The van der Waals surface area contributed by atoms with Crippen molar-refractivity contribution in [3.8, 4) is 0 Å². The summed E-state index contributed by atoms with van der Waals surface area (Å²) in [6, 6.07) is 5.84. The van der Waals surface area contributed by atoms with Gasteiger partial charge in [-0.15, -0.1) is 12.4 Å². The zero-order valence-electron chi connectivity index (χ0n) is 6.39. The average molecular weight is 271 g/mol. The third-order valence-corrected chi connectivity index (χ3v) is 2.27. The third-order valence-electron chi connectivity index (χ3n) is 1.43. The molecule has 0 saturated heterocycles. The van der Waals surface area contributed by atoms with Crippen LogP contribution in [0.2, 0.25) is 5.02 Å². The van der Waals surface area contributed by atoms with E-state index in [9.17, 15) is 0 Å². The number of halogens is 3. The van der Waals surface area contributed by atoms with Crippen LogP contribution in [-0.2, 0) is 6.42 Å². The van der Waals surface area contributed by atoms with Crippen molar-refractivity contribution < 1.29 is 0 Å². The molecule has 1 aromatic rings. The summed E-state index contributed by atoms with van der Waals surface area (Å²) in [4.78, 5) is 0. The Morgan fingerprint density at radius 1 is 1.42 bits per heavy atom. The van der Waals surface area contributed by atoms with E-state index in [4.69, 9.17) is 17.3 Å². The van der Waals surface area contributed by atoms with Gasteiger partial charge in [-0.3, -0.25) is 0 Å². The summed E-state index contributed by atoms with van der Waals surface area (Å²) in [6.07, 6.45) is 0.839. The first-order valence-corrected chi connectivity index (χ1v) is 4.55. The van der Waals surface area contributed by atoms with Gasteiger partial charge in [0, 0.05) is 9.50 Å². The van der Waals surface area contributed by atoms with E-state index in [2.05, 4.69) is 15.9 Å². The fourth-order valence-corrected chi connectivity index (χ4v) is 1.65. The first-order valence-electron chi connectivity index (χ1n) is 3.38. The van der Waals surface area contributed by atoms with E-state index in [1.807, 2.05) is 18.2 Å². The van der Waals surface area contributed by atoms with E-state index in [-0.39, 0.29) is 12.4 Å². The minimum Gasteiger partial charge on any atom is -0.330 e. The van der Waals surface area contributed by atoms with E-state index in [1.54, 1.807) is 0 Å². The minimum absolute atomic E-state index is 0. The van der Waals surface area contributed by atoms with Gasteiger partial charge in [-0.05, 0) is 30.7 Å². The van der Waals surface area contributed by atoms with Gasteiger partial charge in [0.05, 0.1) is 0 Å². The molecule has 4 heteroatoms. The maximum absolute atomic E-state index is 5.92. The lowest BCUT2D eigenvalue weighted by Gasteiger charge is -2.01. The van der Waals surface area contributed by atoms with Crippen LogP contribution in [0.25, 0.3) is 0 Å². The Morgan fingerprint density at radius 2 is 2.08 bits per heavy atom. The van der Waals surface area contributed by atoms with Crippen molar-refractivity contribution in [3.05, 3.63) is 33.3 Å². The van der Waals surface area contributed by atoms with E-state index in [0.717, 1.165) is 21.5 Å². The molecule has 1 nitrogen and oxygen atoms in total. The van der Waals surface area contributed by atoms with Gasteiger partial charge < -0.3 is 5.73 Å². The Bertz CT molecular complexity index is 253. The molecule has 0 spiro atoms. The summed E-state index contributed by atoms with van der Waals surface area (Å²) in [7, 11) is 0. The molecule has 0 saturated carbocycles. The van der Waals surface area contributed by atoms with Crippen molar-refractivity contribution >= 4 is 39.9 Å². The normalized spacial score (nSPS) is 9.25. The van der Waals surface area contributed by atoms with Crippen LogP contribution >= 0.6 is 39.9 Å². The van der Waals surface area contributed by atoms with Gasteiger partial charge in [0.1, 0.15) is 0 Å². The number of rotatable bonds is 2. The number of hydrogen-bond acceptors (Lipinski definition) is 1. The van der Waals surface area contributed by atoms with Gasteiger partial charge in [-0.25, -0.2) is 0 Å². The molecule has 68 valence electrons. The molecule has 2 N–H and O–H groups in total. The molecule has 0 amide bonds. The van der Waals surface area contributed by atoms with Crippen LogP contribution in [0.5, 0.6) is 0 Å². The van der Waals surface area contributed by atoms with Crippen molar-refractivity contribution in [3.63, 3.8) is 0 Å². The Labute approximate surface area is 91.8 Å². The summed E-state index contributed by atoms with van der Waals surface area (Å²) < 4.78 is 1.00. The molecule has 0 bridgehead atoms.